The van der Waals surface area contributed by atoms with E-state index in [1.165, 1.54) is 45.8 Å². The Hall–Kier alpha value is -4.60. The molecule has 5 rings (SSSR count). The van der Waals surface area contributed by atoms with Crippen LogP contribution >= 0.6 is 46.2 Å². The third kappa shape index (κ3) is 6.06. The summed E-state index contributed by atoms with van der Waals surface area (Å²) in [5.74, 6) is -3.90. The zero-order valence-electron chi connectivity index (χ0n) is 21.9. The lowest BCUT2D eigenvalue weighted by atomic mass is 10.0. The second-order valence-electron chi connectivity index (χ2n) is 8.90. The number of carbonyl (C=O) groups excluding carboxylic acids is 3. The van der Waals surface area contributed by atoms with E-state index in [0.29, 0.717) is 14.5 Å². The molecule has 1 saturated heterocycles. The van der Waals surface area contributed by atoms with Gasteiger partial charge in [-0.3, -0.25) is 24.1 Å². The molecule has 0 unspecified atom stereocenters. The molecule has 2 aliphatic rings. The number of nitrogen functional groups attached to an aromatic ring is 1. The van der Waals surface area contributed by atoms with E-state index in [0.717, 1.165) is 28.5 Å². The Labute approximate surface area is 262 Å². The Morgan fingerprint density at radius 1 is 1.27 bits per heavy atom. The first kappa shape index (κ1) is 30.8. The van der Waals surface area contributed by atoms with Crippen molar-refractivity contribution in [2.24, 2.45) is 10.9 Å². The number of anilines is 1. The summed E-state index contributed by atoms with van der Waals surface area (Å²) in [6.07, 6.45) is 0.761. The molecular formula is C23H20N8O9S4. The zero-order chi connectivity index (χ0) is 31.7. The molecule has 0 aromatic carbocycles. The van der Waals surface area contributed by atoms with Crippen LogP contribution in [0.4, 0.5) is 5.13 Å². The Morgan fingerprint density at radius 3 is 2.73 bits per heavy atom. The first-order chi connectivity index (χ1) is 21.0. The highest BCUT2D eigenvalue weighted by molar-refractivity contribution is 8.02. The van der Waals surface area contributed by atoms with Gasteiger partial charge >= 0.3 is 5.97 Å². The van der Waals surface area contributed by atoms with E-state index in [4.69, 9.17) is 16.3 Å². The highest BCUT2D eigenvalue weighted by Gasteiger charge is 2.54. The average molecular weight is 681 g/mol. The van der Waals surface area contributed by atoms with Crippen LogP contribution < -0.4 is 22.2 Å². The molecule has 5 heterocycles. The summed E-state index contributed by atoms with van der Waals surface area (Å²) in [6.45, 7) is -0.493. The minimum atomic E-state index is -1.33. The predicted octanol–water partition coefficient (Wildman–Crippen LogP) is -0.163. The van der Waals surface area contributed by atoms with Crippen LogP contribution in [0.3, 0.4) is 0 Å². The molecule has 0 spiro atoms. The number of aliphatic carboxylic acids is 1. The third-order valence-electron chi connectivity index (χ3n) is 6.12. The van der Waals surface area contributed by atoms with Gasteiger partial charge in [-0.2, -0.15) is 4.73 Å². The van der Waals surface area contributed by atoms with Crippen molar-refractivity contribution in [1.29, 1.82) is 0 Å². The molecule has 3 aromatic heterocycles. The van der Waals surface area contributed by atoms with Crippen LogP contribution in [0.1, 0.15) is 21.9 Å². The molecule has 230 valence electrons. The van der Waals surface area contributed by atoms with Crippen molar-refractivity contribution >= 4 is 80.7 Å². The van der Waals surface area contributed by atoms with Crippen molar-refractivity contribution in [2.75, 3.05) is 17.2 Å². The number of oxime groups is 1. The van der Waals surface area contributed by atoms with Crippen LogP contribution in [0.25, 0.3) is 0 Å². The average Bonchev–Trinajstić information content (AvgIpc) is 3.63. The van der Waals surface area contributed by atoms with E-state index in [2.05, 4.69) is 20.4 Å². The smallest absolute Gasteiger partial charge is 0.352 e. The largest absolute Gasteiger partial charge is 0.503 e. The van der Waals surface area contributed by atoms with Gasteiger partial charge in [0.1, 0.15) is 28.5 Å². The number of fused-ring (bicyclic) bond motifs is 1. The van der Waals surface area contributed by atoms with Crippen molar-refractivity contribution in [3.8, 4) is 5.75 Å². The summed E-state index contributed by atoms with van der Waals surface area (Å²) in [5, 5.41) is 36.4. The number of aromatic nitrogens is 3. The maximum Gasteiger partial charge on any atom is 0.352 e. The molecule has 0 saturated carbocycles. The second kappa shape index (κ2) is 12.6. The number of hydrogen-bond acceptors (Lipinski definition) is 16. The molecule has 44 heavy (non-hydrogen) atoms. The summed E-state index contributed by atoms with van der Waals surface area (Å²) in [7, 11) is 0. The zero-order valence-corrected chi connectivity index (χ0v) is 25.2. The van der Waals surface area contributed by atoms with Gasteiger partial charge in [-0.1, -0.05) is 5.16 Å². The van der Waals surface area contributed by atoms with E-state index in [-0.39, 0.29) is 45.1 Å². The Morgan fingerprint density at radius 2 is 2.05 bits per heavy atom. The summed E-state index contributed by atoms with van der Waals surface area (Å²) in [5.41, 5.74) is 11.6. The Balaban J connectivity index is 1.31. The minimum Gasteiger partial charge on any atom is -0.503 e. The van der Waals surface area contributed by atoms with Crippen molar-refractivity contribution in [1.82, 2.24) is 24.9 Å². The molecule has 21 heteroatoms. The van der Waals surface area contributed by atoms with Crippen molar-refractivity contribution < 1.29 is 39.4 Å². The number of aromatic hydroxyl groups is 1. The van der Waals surface area contributed by atoms with Gasteiger partial charge in [0, 0.05) is 23.0 Å². The molecule has 2 aliphatic heterocycles. The highest BCUT2D eigenvalue weighted by Crippen LogP contribution is 2.42. The Bertz CT molecular complexity index is 1800. The molecule has 2 atom stereocenters. The molecule has 8 N–H and O–H groups in total. The molecule has 3 aromatic rings. The van der Waals surface area contributed by atoms with Gasteiger partial charge in [0.15, 0.2) is 28.9 Å². The van der Waals surface area contributed by atoms with Gasteiger partial charge in [0.25, 0.3) is 17.7 Å². The highest BCUT2D eigenvalue weighted by atomic mass is 32.2. The lowest BCUT2D eigenvalue weighted by Gasteiger charge is -2.49. The monoisotopic (exact) mass is 680 g/mol. The quantitative estimate of drug-likeness (QED) is 0.0505. The molecule has 0 aliphatic carbocycles. The van der Waals surface area contributed by atoms with Gasteiger partial charge in [0.2, 0.25) is 5.43 Å². The molecule has 3 amide bonds. The lowest BCUT2D eigenvalue weighted by molar-refractivity contribution is -0.150. The molecule has 17 nitrogen and oxygen atoms in total. The number of thiazole rings is 2. The second-order valence-corrected chi connectivity index (χ2v) is 13.0. The van der Waals surface area contributed by atoms with E-state index in [9.17, 15) is 39.4 Å². The number of carboxylic acids is 1. The van der Waals surface area contributed by atoms with Crippen LogP contribution in [0.15, 0.2) is 48.6 Å². The summed E-state index contributed by atoms with van der Waals surface area (Å²) in [6, 6.07) is -0.207. The topological polar surface area (TPSA) is 266 Å². The fourth-order valence-corrected chi connectivity index (χ4v) is 8.04. The number of carbonyl (C=O) groups is 4. The number of hydrogen-bond donors (Lipinski definition) is 6. The van der Waals surface area contributed by atoms with Crippen molar-refractivity contribution in [2.45, 2.75) is 22.2 Å². The van der Waals surface area contributed by atoms with Gasteiger partial charge in [-0.05, 0) is 5.57 Å². The number of pyridine rings is 1. The molecule has 0 bridgehead atoms. The van der Waals surface area contributed by atoms with Gasteiger partial charge in [-0.15, -0.1) is 46.2 Å². The van der Waals surface area contributed by atoms with Crippen LogP contribution in [0.2, 0.25) is 0 Å². The Kier molecular flexibility index (Phi) is 8.80. The number of carboxylic acid groups (broad SMARTS) is 1. The van der Waals surface area contributed by atoms with Gasteiger partial charge in [-0.25, -0.2) is 14.8 Å². The fourth-order valence-electron chi connectivity index (χ4n) is 4.08. The van der Waals surface area contributed by atoms with Gasteiger partial charge < -0.3 is 37.0 Å². The standard InChI is InChI=1S/C23H20N8O9S4/c24-17(34)14-22(44-7-26-14)42-5-8-4-41-20-15(19(36)31(20)16(8)21(37)38)28-18(35)13(10-6-43-23(25)27-10)29-40-3-9-1-11(32)12(33)2-30(9)39/h1-2,6-7,15,20,33,39H,3-5H2,(H2,24,34)(H2,25,27)(H,28,35)(H,37,38)/b29-13-/t15-,20-/m1/s1. The maximum atomic E-state index is 13.3. The number of β-lactam (4-membered cyclic amide) rings is 1. The number of amides is 3. The molecular weight excluding hydrogens is 661 g/mol. The number of rotatable bonds is 11. The maximum absolute atomic E-state index is 13.3. The summed E-state index contributed by atoms with van der Waals surface area (Å²) < 4.78 is 0.967. The first-order valence-corrected chi connectivity index (χ1v) is 15.9. The fraction of sp³-hybridized carbons (Fsp3) is 0.217. The summed E-state index contributed by atoms with van der Waals surface area (Å²) >= 11 is 4.61. The predicted molar refractivity (Wildman–Crippen MR) is 158 cm³/mol. The van der Waals surface area contributed by atoms with Gasteiger partial charge in [0.05, 0.1) is 15.9 Å². The molecule has 1 fully saturated rings. The van der Waals surface area contributed by atoms with Crippen molar-refractivity contribution in [3.05, 3.63) is 61.7 Å². The SMILES string of the molecule is NC(=O)c1ncsc1SCC1=C(C(=O)O)N2C(=O)[C@@H](NC(=O)/C(=N\OCc3cc(=O)c(O)cn3O)c3csc(N)n3)[C@H]2SC1. The van der Waals surface area contributed by atoms with E-state index < -0.39 is 52.9 Å². The number of nitrogens with zero attached hydrogens (tertiary/aromatic N) is 5. The van der Waals surface area contributed by atoms with Crippen molar-refractivity contribution in [3.63, 3.8) is 0 Å². The van der Waals surface area contributed by atoms with E-state index in [1.807, 2.05) is 0 Å². The normalized spacial score (nSPS) is 18.0. The van der Waals surface area contributed by atoms with Crippen LogP contribution in [-0.2, 0) is 25.8 Å². The number of thioether (sulfide) groups is 2. The minimum absolute atomic E-state index is 0.0147. The number of nitrogens with two attached hydrogens (primary N) is 2. The van der Waals surface area contributed by atoms with Crippen LogP contribution in [0, 0.1) is 0 Å². The molecule has 0 radical (unpaired) electrons. The van der Waals surface area contributed by atoms with Crippen LogP contribution in [0.5, 0.6) is 5.75 Å². The van der Waals surface area contributed by atoms with Crippen LogP contribution in [-0.4, -0.2) is 87.3 Å². The third-order valence-corrected chi connectivity index (χ3v) is 10.3. The van der Waals surface area contributed by atoms with E-state index in [1.54, 1.807) is 0 Å². The summed E-state index contributed by atoms with van der Waals surface area (Å²) in [4.78, 5) is 76.2. The van der Waals surface area contributed by atoms with E-state index >= 15 is 0 Å². The number of primary amides is 1. The first-order valence-electron chi connectivity index (χ1n) is 12.1. The number of nitrogens with one attached hydrogen (secondary N) is 1. The lowest BCUT2D eigenvalue weighted by Crippen LogP contribution is -2.71.